The Morgan fingerprint density at radius 3 is 1.43 bits per heavy atom. The molecule has 1 fully saturated rings. The summed E-state index contributed by atoms with van der Waals surface area (Å²) in [4.78, 5) is 25.4. The number of carbonyl (C=O) groups is 2. The van der Waals surface area contributed by atoms with Crippen LogP contribution in [0.5, 0.6) is 0 Å². The first-order chi connectivity index (χ1) is 32.8. The molecule has 1 aliphatic rings. The van der Waals surface area contributed by atoms with Crippen LogP contribution >= 0.6 is 0 Å². The number of allylic oxidation sites excluding steroid dienone is 14. The third-order valence-electron chi connectivity index (χ3n) is 11.7. The average molecular weight is 941 g/mol. The van der Waals surface area contributed by atoms with E-state index in [1.807, 2.05) is 0 Å². The van der Waals surface area contributed by atoms with E-state index in [4.69, 9.17) is 18.9 Å². The van der Waals surface area contributed by atoms with Crippen LogP contribution in [0, 0.1) is 0 Å². The Bertz CT molecular complexity index is 1360. The Kier molecular flexibility index (Phi) is 43.1. The van der Waals surface area contributed by atoms with Crippen LogP contribution in [0.15, 0.2) is 85.1 Å². The summed E-state index contributed by atoms with van der Waals surface area (Å²) >= 11 is 0. The monoisotopic (exact) mass is 941 g/mol. The number of unbranched alkanes of at least 4 members (excludes halogenated alkanes) is 19. The minimum Gasteiger partial charge on any atom is -0.462 e. The first-order valence-corrected chi connectivity index (χ1v) is 26.7. The predicted molar refractivity (Wildman–Crippen MR) is 274 cm³/mol. The summed E-state index contributed by atoms with van der Waals surface area (Å²) in [5.41, 5.74) is 0. The van der Waals surface area contributed by atoms with Crippen LogP contribution in [-0.2, 0) is 28.5 Å². The van der Waals surface area contributed by atoms with E-state index in [0.29, 0.717) is 12.8 Å². The number of rotatable bonds is 44. The number of aliphatic hydroxyl groups excluding tert-OH is 4. The van der Waals surface area contributed by atoms with Gasteiger partial charge in [-0.25, -0.2) is 0 Å². The molecule has 0 spiro atoms. The number of esters is 2. The van der Waals surface area contributed by atoms with Crippen molar-refractivity contribution in [3.63, 3.8) is 0 Å². The minimum atomic E-state index is -1.61. The number of ether oxygens (including phenoxy) is 4. The van der Waals surface area contributed by atoms with Gasteiger partial charge in [-0.3, -0.25) is 9.59 Å². The Labute approximate surface area is 407 Å². The maximum Gasteiger partial charge on any atom is 0.306 e. The molecular formula is C57H96O10. The minimum absolute atomic E-state index is 0.178. The fourth-order valence-corrected chi connectivity index (χ4v) is 7.59. The van der Waals surface area contributed by atoms with E-state index in [1.54, 1.807) is 0 Å². The normalized spacial score (nSPS) is 19.8. The second-order valence-electron chi connectivity index (χ2n) is 17.9. The van der Waals surface area contributed by atoms with Crippen LogP contribution in [0.25, 0.3) is 0 Å². The van der Waals surface area contributed by atoms with Gasteiger partial charge in [-0.15, -0.1) is 0 Å². The van der Waals surface area contributed by atoms with Gasteiger partial charge in [0.1, 0.15) is 31.0 Å². The first kappa shape index (κ1) is 61.9. The third-order valence-corrected chi connectivity index (χ3v) is 11.7. The van der Waals surface area contributed by atoms with Crippen molar-refractivity contribution in [1.29, 1.82) is 0 Å². The zero-order valence-corrected chi connectivity index (χ0v) is 42.1. The average Bonchev–Trinajstić information content (AvgIpc) is 3.33. The summed E-state index contributed by atoms with van der Waals surface area (Å²) < 4.78 is 22.2. The quantitative estimate of drug-likeness (QED) is 0.0264. The highest BCUT2D eigenvalue weighted by Crippen LogP contribution is 2.23. The van der Waals surface area contributed by atoms with Crippen molar-refractivity contribution >= 4 is 11.9 Å². The summed E-state index contributed by atoms with van der Waals surface area (Å²) in [6.45, 7) is 3.25. The molecule has 10 nitrogen and oxygen atoms in total. The standard InChI is InChI=1S/C57H96O10/c1-3-5-7-9-11-13-15-17-19-21-23-24-25-26-28-29-31-33-35-37-39-41-43-45-52(59)64-48-50(49-65-57-56(63)55(62)54(61)51(47-58)67-57)66-53(60)46-44-42-40-38-36-34-32-30-27-22-20-18-16-14-12-10-8-6-4-2/h6,8,12,14,18,20,27,29-31,34,36-37,39,50-51,54-58,61-63H,3-5,7,9-11,13,15-17,19,21-26,28,32-33,35,38,40-49H2,1-2H3/b8-6+,14-12+,20-18+,30-27+,31-29+,36-34+,39-37+/t50-,51-,54+,55?,56?,57-/m0/s1. The second kappa shape index (κ2) is 46.6. The summed E-state index contributed by atoms with van der Waals surface area (Å²) in [5.74, 6) is -0.896. The lowest BCUT2D eigenvalue weighted by molar-refractivity contribution is -0.305. The summed E-state index contributed by atoms with van der Waals surface area (Å²) in [6.07, 6.45) is 54.6. The Hall–Kier alpha value is -3.12. The van der Waals surface area contributed by atoms with Crippen LogP contribution in [0.4, 0.5) is 0 Å². The Balaban J connectivity index is 2.30. The van der Waals surface area contributed by atoms with Gasteiger partial charge in [-0.05, 0) is 89.9 Å². The molecule has 0 aromatic rings. The Morgan fingerprint density at radius 1 is 0.478 bits per heavy atom. The molecule has 1 aliphatic heterocycles. The molecule has 10 heteroatoms. The van der Waals surface area contributed by atoms with Crippen LogP contribution < -0.4 is 0 Å². The lowest BCUT2D eigenvalue weighted by Gasteiger charge is -2.39. The topological polar surface area (TPSA) is 152 Å². The fraction of sp³-hybridized carbons (Fsp3) is 0.719. The molecule has 0 aromatic heterocycles. The fourth-order valence-electron chi connectivity index (χ4n) is 7.59. The predicted octanol–water partition coefficient (Wildman–Crippen LogP) is 12.9. The van der Waals surface area contributed by atoms with E-state index < -0.39 is 55.4 Å². The van der Waals surface area contributed by atoms with Gasteiger partial charge >= 0.3 is 11.9 Å². The summed E-state index contributed by atoms with van der Waals surface area (Å²) in [5, 5.41) is 40.2. The van der Waals surface area contributed by atoms with Gasteiger partial charge in [0.25, 0.3) is 0 Å². The van der Waals surface area contributed by atoms with Crippen LogP contribution in [-0.4, -0.2) is 89.0 Å². The van der Waals surface area contributed by atoms with Crippen molar-refractivity contribution in [3.8, 4) is 0 Å². The molecule has 6 atom stereocenters. The first-order valence-electron chi connectivity index (χ1n) is 26.7. The van der Waals surface area contributed by atoms with Crippen LogP contribution in [0.2, 0.25) is 0 Å². The molecule has 1 heterocycles. The summed E-state index contributed by atoms with van der Waals surface area (Å²) in [6, 6.07) is 0. The van der Waals surface area contributed by atoms with Crippen LogP contribution in [0.3, 0.4) is 0 Å². The zero-order valence-electron chi connectivity index (χ0n) is 42.1. The highest BCUT2D eigenvalue weighted by molar-refractivity contribution is 5.70. The van der Waals surface area contributed by atoms with Crippen molar-refractivity contribution in [1.82, 2.24) is 0 Å². The lowest BCUT2D eigenvalue weighted by Crippen LogP contribution is -2.59. The van der Waals surface area contributed by atoms with E-state index in [1.165, 1.54) is 89.9 Å². The smallest absolute Gasteiger partial charge is 0.306 e. The Morgan fingerprint density at radius 2 is 0.910 bits per heavy atom. The van der Waals surface area contributed by atoms with Crippen molar-refractivity contribution in [2.45, 2.75) is 243 Å². The second-order valence-corrected chi connectivity index (χ2v) is 17.9. The maximum atomic E-state index is 12.8. The molecule has 0 amide bonds. The molecule has 4 N–H and O–H groups in total. The lowest BCUT2D eigenvalue weighted by atomic mass is 9.99. The van der Waals surface area contributed by atoms with Gasteiger partial charge in [0, 0.05) is 12.8 Å². The molecule has 0 saturated carbocycles. The SMILES string of the molecule is CC/C=C/C/C=C/C/C=C/C/C=C/C/C=C/CCCCCC(=O)O[C@@H](COC(=O)CCC/C=C/CC/C=C/CCCCCCCCCCCCCCCC)CO[C@H]1O[C@@H](CO)[C@@H](O)C(O)C1O. The van der Waals surface area contributed by atoms with Crippen molar-refractivity contribution < 1.29 is 49.0 Å². The van der Waals surface area contributed by atoms with E-state index in [2.05, 4.69) is 98.9 Å². The van der Waals surface area contributed by atoms with Gasteiger partial charge in [0.15, 0.2) is 12.4 Å². The highest BCUT2D eigenvalue weighted by Gasteiger charge is 2.44. The number of hydrogen-bond acceptors (Lipinski definition) is 10. The third kappa shape index (κ3) is 37.5. The maximum absolute atomic E-state index is 12.8. The number of carbonyl (C=O) groups excluding carboxylic acids is 2. The highest BCUT2D eigenvalue weighted by atomic mass is 16.7. The van der Waals surface area contributed by atoms with Crippen molar-refractivity contribution in [3.05, 3.63) is 85.1 Å². The number of aliphatic hydroxyl groups is 4. The molecule has 2 unspecified atom stereocenters. The molecule has 384 valence electrons. The zero-order chi connectivity index (χ0) is 48.7. The summed E-state index contributed by atoms with van der Waals surface area (Å²) in [7, 11) is 0. The van der Waals surface area contributed by atoms with Gasteiger partial charge < -0.3 is 39.4 Å². The van der Waals surface area contributed by atoms with Gasteiger partial charge in [0.05, 0.1) is 13.2 Å². The largest absolute Gasteiger partial charge is 0.462 e. The molecular weight excluding hydrogens is 845 g/mol. The van der Waals surface area contributed by atoms with Crippen molar-refractivity contribution in [2.75, 3.05) is 19.8 Å². The van der Waals surface area contributed by atoms with E-state index >= 15 is 0 Å². The number of hydrogen-bond donors (Lipinski definition) is 4. The van der Waals surface area contributed by atoms with Gasteiger partial charge in [-0.2, -0.15) is 0 Å². The molecule has 0 aromatic carbocycles. The molecule has 67 heavy (non-hydrogen) atoms. The molecule has 1 saturated heterocycles. The van der Waals surface area contributed by atoms with Crippen LogP contribution in [0.1, 0.15) is 206 Å². The van der Waals surface area contributed by atoms with Gasteiger partial charge in [-0.1, -0.05) is 189 Å². The van der Waals surface area contributed by atoms with Crippen molar-refractivity contribution in [2.24, 2.45) is 0 Å². The molecule has 0 aliphatic carbocycles. The molecule has 0 radical (unpaired) electrons. The molecule has 0 bridgehead atoms. The van der Waals surface area contributed by atoms with Gasteiger partial charge in [0.2, 0.25) is 0 Å². The van der Waals surface area contributed by atoms with E-state index in [-0.39, 0.29) is 26.1 Å². The molecule has 1 rings (SSSR count). The van der Waals surface area contributed by atoms with E-state index in [9.17, 15) is 30.0 Å². The van der Waals surface area contributed by atoms with E-state index in [0.717, 1.165) is 77.0 Å².